The number of rotatable bonds is 8. The Bertz CT molecular complexity index is 354. The molecule has 17 heavy (non-hydrogen) atoms. The van der Waals surface area contributed by atoms with Gasteiger partial charge in [0.2, 0.25) is 0 Å². The Morgan fingerprint density at radius 1 is 1.18 bits per heavy atom. The first-order chi connectivity index (χ1) is 8.36. The fourth-order valence-corrected chi connectivity index (χ4v) is 2.70. The number of unbranched alkanes of at least 4 members (excludes halogenated alkanes) is 4. The zero-order valence-corrected chi connectivity index (χ0v) is 11.4. The maximum Gasteiger partial charge on any atom is 0.0991 e. The molecule has 0 radical (unpaired) electrons. The van der Waals surface area contributed by atoms with Crippen LogP contribution in [0.3, 0.4) is 0 Å². The Balaban J connectivity index is 2.12. The van der Waals surface area contributed by atoms with Crippen LogP contribution in [0.1, 0.15) is 50.2 Å². The highest BCUT2D eigenvalue weighted by Gasteiger charge is 1.96. The van der Waals surface area contributed by atoms with Crippen molar-refractivity contribution in [2.75, 3.05) is 5.75 Å². The summed E-state index contributed by atoms with van der Waals surface area (Å²) in [4.78, 5) is 0. The molecule has 2 heteroatoms. The Morgan fingerprint density at radius 2 is 2.00 bits per heavy atom. The summed E-state index contributed by atoms with van der Waals surface area (Å²) in [6.07, 6.45) is 6.74. The standard InChI is InChI=1S/C15H21NS/c1-2-3-4-5-6-10-17-13-15-9-7-8-14(11-15)12-16/h7-9,11H,2-6,10,13H2,1H3. The third-order valence-electron chi connectivity index (χ3n) is 2.72. The minimum absolute atomic E-state index is 0.769. The topological polar surface area (TPSA) is 23.8 Å². The summed E-state index contributed by atoms with van der Waals surface area (Å²) in [5.41, 5.74) is 2.04. The quantitative estimate of drug-likeness (QED) is 0.618. The van der Waals surface area contributed by atoms with Crippen molar-refractivity contribution in [1.29, 1.82) is 5.26 Å². The number of nitriles is 1. The van der Waals surface area contributed by atoms with E-state index >= 15 is 0 Å². The van der Waals surface area contributed by atoms with Gasteiger partial charge in [-0.25, -0.2) is 0 Å². The van der Waals surface area contributed by atoms with Gasteiger partial charge in [-0.15, -0.1) is 0 Å². The molecule has 1 aromatic rings. The SMILES string of the molecule is CCCCCCCSCc1cccc(C#N)c1. The summed E-state index contributed by atoms with van der Waals surface area (Å²) >= 11 is 1.97. The number of benzene rings is 1. The molecule has 0 unspecified atom stereocenters. The fraction of sp³-hybridized carbons (Fsp3) is 0.533. The van der Waals surface area contributed by atoms with Gasteiger partial charge in [-0.2, -0.15) is 17.0 Å². The van der Waals surface area contributed by atoms with Crippen LogP contribution >= 0.6 is 11.8 Å². The summed E-state index contributed by atoms with van der Waals surface area (Å²) in [6, 6.07) is 10.1. The molecule has 1 rings (SSSR count). The van der Waals surface area contributed by atoms with E-state index in [4.69, 9.17) is 5.26 Å². The van der Waals surface area contributed by atoms with Crippen molar-refractivity contribution in [2.24, 2.45) is 0 Å². The van der Waals surface area contributed by atoms with Crippen LogP contribution in [-0.4, -0.2) is 5.75 Å². The summed E-state index contributed by atoms with van der Waals surface area (Å²) in [7, 11) is 0. The van der Waals surface area contributed by atoms with Gasteiger partial charge < -0.3 is 0 Å². The third-order valence-corrected chi connectivity index (χ3v) is 3.83. The predicted molar refractivity (Wildman–Crippen MR) is 76.1 cm³/mol. The molecule has 0 saturated heterocycles. The molecule has 0 aliphatic rings. The molecule has 0 N–H and O–H groups in total. The summed E-state index contributed by atoms with van der Waals surface area (Å²) in [5.74, 6) is 2.27. The molecule has 0 amide bonds. The number of thioether (sulfide) groups is 1. The lowest BCUT2D eigenvalue weighted by Gasteiger charge is -2.02. The van der Waals surface area contributed by atoms with Crippen LogP contribution in [0.4, 0.5) is 0 Å². The van der Waals surface area contributed by atoms with Gasteiger partial charge in [-0.1, -0.05) is 44.7 Å². The average molecular weight is 247 g/mol. The summed E-state index contributed by atoms with van der Waals surface area (Å²) in [6.45, 7) is 2.25. The Morgan fingerprint density at radius 3 is 2.76 bits per heavy atom. The van der Waals surface area contributed by atoms with Gasteiger partial charge in [-0.3, -0.25) is 0 Å². The van der Waals surface area contributed by atoms with Gasteiger partial charge in [0.25, 0.3) is 0 Å². The third kappa shape index (κ3) is 6.38. The molecule has 0 aromatic heterocycles. The smallest absolute Gasteiger partial charge is 0.0991 e. The van der Waals surface area contributed by atoms with Crippen molar-refractivity contribution in [1.82, 2.24) is 0 Å². The van der Waals surface area contributed by atoms with Crippen LogP contribution in [0, 0.1) is 11.3 Å². The molecule has 0 aliphatic heterocycles. The molecular weight excluding hydrogens is 226 g/mol. The van der Waals surface area contributed by atoms with Crippen molar-refractivity contribution < 1.29 is 0 Å². The lowest BCUT2D eigenvalue weighted by Crippen LogP contribution is -1.86. The number of hydrogen-bond donors (Lipinski definition) is 0. The van der Waals surface area contributed by atoms with Gasteiger partial charge >= 0.3 is 0 Å². The lowest BCUT2D eigenvalue weighted by molar-refractivity contribution is 0.659. The van der Waals surface area contributed by atoms with Gasteiger partial charge in [0.05, 0.1) is 11.6 Å². The van der Waals surface area contributed by atoms with Crippen LogP contribution < -0.4 is 0 Å². The average Bonchev–Trinajstić information content (AvgIpc) is 2.38. The van der Waals surface area contributed by atoms with E-state index < -0.39 is 0 Å². The molecule has 0 atom stereocenters. The maximum absolute atomic E-state index is 8.80. The first-order valence-electron chi connectivity index (χ1n) is 6.43. The molecule has 1 aromatic carbocycles. The van der Waals surface area contributed by atoms with Crippen LogP contribution in [-0.2, 0) is 5.75 Å². The normalized spacial score (nSPS) is 10.1. The second-order valence-electron chi connectivity index (χ2n) is 4.28. The maximum atomic E-state index is 8.80. The molecular formula is C15H21NS. The Kier molecular flexibility index (Phi) is 7.58. The van der Waals surface area contributed by atoms with E-state index in [0.717, 1.165) is 11.3 Å². The van der Waals surface area contributed by atoms with Gasteiger partial charge in [0.15, 0.2) is 0 Å². The lowest BCUT2D eigenvalue weighted by atomic mass is 10.2. The van der Waals surface area contributed by atoms with E-state index in [2.05, 4.69) is 19.1 Å². The van der Waals surface area contributed by atoms with E-state index in [0.29, 0.717) is 0 Å². The van der Waals surface area contributed by atoms with Crippen molar-refractivity contribution in [2.45, 2.75) is 44.8 Å². The van der Waals surface area contributed by atoms with E-state index in [1.807, 2.05) is 30.0 Å². The van der Waals surface area contributed by atoms with E-state index in [1.165, 1.54) is 43.4 Å². The highest BCUT2D eigenvalue weighted by Crippen LogP contribution is 2.15. The molecule has 0 heterocycles. The predicted octanol–water partition coefficient (Wildman–Crippen LogP) is 4.76. The minimum atomic E-state index is 0.769. The zero-order chi connectivity index (χ0) is 12.3. The summed E-state index contributed by atoms with van der Waals surface area (Å²) in [5, 5.41) is 8.80. The Labute approximate surface area is 109 Å². The highest BCUT2D eigenvalue weighted by atomic mass is 32.2. The largest absolute Gasteiger partial charge is 0.192 e. The van der Waals surface area contributed by atoms with E-state index in [9.17, 15) is 0 Å². The van der Waals surface area contributed by atoms with Gasteiger partial charge in [-0.05, 0) is 29.9 Å². The first kappa shape index (κ1) is 14.1. The van der Waals surface area contributed by atoms with E-state index in [-0.39, 0.29) is 0 Å². The molecule has 0 spiro atoms. The van der Waals surface area contributed by atoms with Crippen molar-refractivity contribution >= 4 is 11.8 Å². The number of hydrogen-bond acceptors (Lipinski definition) is 2. The molecule has 0 fully saturated rings. The highest BCUT2D eigenvalue weighted by molar-refractivity contribution is 7.98. The van der Waals surface area contributed by atoms with Crippen LogP contribution in [0.2, 0.25) is 0 Å². The van der Waals surface area contributed by atoms with Crippen LogP contribution in [0.15, 0.2) is 24.3 Å². The van der Waals surface area contributed by atoms with Gasteiger partial charge in [0, 0.05) is 5.75 Å². The summed E-state index contributed by atoms with van der Waals surface area (Å²) < 4.78 is 0. The van der Waals surface area contributed by atoms with Crippen molar-refractivity contribution in [3.05, 3.63) is 35.4 Å². The Hall–Kier alpha value is -0.940. The molecule has 92 valence electrons. The first-order valence-corrected chi connectivity index (χ1v) is 7.59. The molecule has 0 aliphatic carbocycles. The van der Waals surface area contributed by atoms with E-state index in [1.54, 1.807) is 0 Å². The van der Waals surface area contributed by atoms with Crippen LogP contribution in [0.25, 0.3) is 0 Å². The second-order valence-corrected chi connectivity index (χ2v) is 5.38. The molecule has 1 nitrogen and oxygen atoms in total. The minimum Gasteiger partial charge on any atom is -0.192 e. The monoisotopic (exact) mass is 247 g/mol. The van der Waals surface area contributed by atoms with Crippen LogP contribution in [0.5, 0.6) is 0 Å². The fourth-order valence-electron chi connectivity index (χ4n) is 1.73. The van der Waals surface area contributed by atoms with Crippen molar-refractivity contribution in [3.8, 4) is 6.07 Å². The second kappa shape index (κ2) is 9.13. The molecule has 0 bridgehead atoms. The van der Waals surface area contributed by atoms with Crippen molar-refractivity contribution in [3.63, 3.8) is 0 Å². The molecule has 0 saturated carbocycles. The number of nitrogens with zero attached hydrogens (tertiary/aromatic N) is 1. The van der Waals surface area contributed by atoms with Gasteiger partial charge in [0.1, 0.15) is 0 Å². The zero-order valence-electron chi connectivity index (χ0n) is 10.6.